The van der Waals surface area contributed by atoms with Gasteiger partial charge >= 0.3 is 6.01 Å². The number of fused-ring (bicyclic) bond motifs is 3. The van der Waals surface area contributed by atoms with Gasteiger partial charge in [-0.2, -0.15) is 15.2 Å². The minimum Gasteiger partial charge on any atom is -0.461 e. The molecule has 6 aliphatic rings. The van der Waals surface area contributed by atoms with Crippen LogP contribution >= 0.6 is 22.9 Å². The van der Waals surface area contributed by atoms with E-state index < -0.39 is 23.3 Å². The summed E-state index contributed by atoms with van der Waals surface area (Å²) in [6.45, 7) is 4.05. The topological polar surface area (TPSA) is 134 Å². The van der Waals surface area contributed by atoms with Crippen molar-refractivity contribution < 1.29 is 22.7 Å². The van der Waals surface area contributed by atoms with Crippen molar-refractivity contribution in [1.82, 2.24) is 25.1 Å². The van der Waals surface area contributed by atoms with Gasteiger partial charge in [0, 0.05) is 66.9 Å². The van der Waals surface area contributed by atoms with Crippen molar-refractivity contribution in [3.63, 3.8) is 0 Å². The molecule has 15 heteroatoms. The SMILES string of the molecule is N#Cc1c(N)sc2c(F)ccc(-c3c(Cl)cc4c(N5CCC6(CC5)CN(C(=O)[C@@H]5N[C@H]5C5CC5)C6)nc(OC[C@@]56CCCN5C[C@H](F)C6)nc4c3F)c12. The number of nitrogens with two attached hydrogens (primary N) is 1. The summed E-state index contributed by atoms with van der Waals surface area (Å²) < 4.78 is 53.1. The number of carbonyl (C=O) groups excluding carboxylic acids is 1. The zero-order valence-corrected chi connectivity index (χ0v) is 30.5. The predicted octanol–water partition coefficient (Wildman–Crippen LogP) is 6.03. The predicted molar refractivity (Wildman–Crippen MR) is 197 cm³/mol. The van der Waals surface area contributed by atoms with Crippen LogP contribution in [0.3, 0.4) is 0 Å². The van der Waals surface area contributed by atoms with Gasteiger partial charge in [0.1, 0.15) is 47.0 Å². The summed E-state index contributed by atoms with van der Waals surface area (Å²) in [7, 11) is 0. The van der Waals surface area contributed by atoms with E-state index in [0.717, 1.165) is 56.7 Å². The van der Waals surface area contributed by atoms with Crippen molar-refractivity contribution in [2.45, 2.75) is 68.7 Å². The van der Waals surface area contributed by atoms with Crippen molar-refractivity contribution >= 4 is 60.7 Å². The first-order chi connectivity index (χ1) is 25.6. The molecule has 10 rings (SSSR count). The molecule has 1 spiro atoms. The molecular weight excluding hydrogens is 725 g/mol. The summed E-state index contributed by atoms with van der Waals surface area (Å²) >= 11 is 7.84. The third kappa shape index (κ3) is 5.36. The molecule has 1 saturated carbocycles. The van der Waals surface area contributed by atoms with Crippen LogP contribution in [0.15, 0.2) is 18.2 Å². The molecule has 10 nitrogen and oxygen atoms in total. The number of aromatic nitrogens is 2. The second-order valence-corrected chi connectivity index (χ2v) is 17.5. The van der Waals surface area contributed by atoms with E-state index in [2.05, 4.69) is 20.1 Å². The van der Waals surface area contributed by atoms with Crippen molar-refractivity contribution in [2.75, 3.05) is 56.5 Å². The van der Waals surface area contributed by atoms with Crippen molar-refractivity contribution in [3.8, 4) is 23.2 Å². The Morgan fingerprint density at radius 1 is 1.17 bits per heavy atom. The third-order valence-electron chi connectivity index (χ3n) is 12.8. The number of anilines is 2. The first kappa shape index (κ1) is 33.7. The Bertz CT molecular complexity index is 2250. The van der Waals surface area contributed by atoms with E-state index in [-0.39, 0.29) is 72.3 Å². The van der Waals surface area contributed by atoms with Crippen LogP contribution in [-0.4, -0.2) is 95.3 Å². The highest BCUT2D eigenvalue weighted by atomic mass is 35.5. The number of nitrogen functional groups attached to an aromatic ring is 1. The summed E-state index contributed by atoms with van der Waals surface area (Å²) in [5.41, 5.74) is 5.89. The normalized spacial score (nSPS) is 27.7. The summed E-state index contributed by atoms with van der Waals surface area (Å²) in [4.78, 5) is 28.8. The molecule has 4 aromatic rings. The van der Waals surface area contributed by atoms with Crippen molar-refractivity contribution in [1.29, 1.82) is 5.26 Å². The number of piperidine rings is 1. The summed E-state index contributed by atoms with van der Waals surface area (Å²) in [5.74, 6) is 0.0198. The quantitative estimate of drug-likeness (QED) is 0.217. The first-order valence-corrected chi connectivity index (χ1v) is 19.7. The Labute approximate surface area is 313 Å². The fraction of sp³-hybridized carbons (Fsp3) is 0.526. The van der Waals surface area contributed by atoms with Crippen LogP contribution in [0.5, 0.6) is 6.01 Å². The Hall–Kier alpha value is -3.90. The molecule has 2 aromatic heterocycles. The van der Waals surface area contributed by atoms with Gasteiger partial charge in [0.15, 0.2) is 5.82 Å². The molecule has 7 heterocycles. The standard InChI is InChI=1S/C38H38ClF3N8O2S/c39-24-12-22-30(28(42)27(24)21-4-5-25(41)32-26(21)23(14-43)33(44)53-32)46-36(52-18-38-6-1-9-50(38)15-20(40)13-38)47-34(22)48-10-7-37(8-11-48)16-49(17-37)35(51)31-29(45-31)19-2-3-19/h4-5,12,19-20,29,31,45H,1-3,6-11,13,15-18,44H2/t20-,29+,31-,38+/m1/s1. The number of nitrogens with zero attached hydrogens (tertiary/aromatic N) is 6. The summed E-state index contributed by atoms with van der Waals surface area (Å²) in [6, 6.07) is 6.60. The second-order valence-electron chi connectivity index (χ2n) is 16.1. The molecule has 0 bridgehead atoms. The van der Waals surface area contributed by atoms with Gasteiger partial charge in [-0.1, -0.05) is 17.7 Å². The van der Waals surface area contributed by atoms with Crippen LogP contribution in [-0.2, 0) is 4.79 Å². The van der Waals surface area contributed by atoms with E-state index in [9.17, 15) is 18.8 Å². The highest BCUT2D eigenvalue weighted by Gasteiger charge is 2.56. The number of ether oxygens (including phenoxy) is 1. The minimum atomic E-state index is -0.940. The Kier molecular flexibility index (Phi) is 7.65. The lowest BCUT2D eigenvalue weighted by atomic mass is 9.71. The van der Waals surface area contributed by atoms with Gasteiger partial charge in [-0.15, -0.1) is 11.3 Å². The molecule has 5 aliphatic heterocycles. The zero-order chi connectivity index (χ0) is 36.4. The lowest BCUT2D eigenvalue weighted by molar-refractivity contribution is -0.144. The van der Waals surface area contributed by atoms with Gasteiger partial charge < -0.3 is 20.3 Å². The molecule has 276 valence electrons. The van der Waals surface area contributed by atoms with Crippen LogP contribution in [0.1, 0.15) is 50.5 Å². The van der Waals surface area contributed by atoms with E-state index in [4.69, 9.17) is 27.1 Å². The number of rotatable bonds is 7. The number of alkyl halides is 1. The van der Waals surface area contributed by atoms with Crippen LogP contribution in [0.2, 0.25) is 5.02 Å². The first-order valence-electron chi connectivity index (χ1n) is 18.5. The smallest absolute Gasteiger partial charge is 0.319 e. The van der Waals surface area contributed by atoms with Crippen molar-refractivity contribution in [2.24, 2.45) is 11.3 Å². The molecule has 1 amide bonds. The van der Waals surface area contributed by atoms with Crippen molar-refractivity contribution in [3.05, 3.63) is 40.4 Å². The number of nitriles is 1. The number of carbonyl (C=O) groups is 1. The summed E-state index contributed by atoms with van der Waals surface area (Å²) in [5, 5.41) is 14.1. The number of halogens is 4. The van der Waals surface area contributed by atoms with Gasteiger partial charge in [0.2, 0.25) is 5.91 Å². The Morgan fingerprint density at radius 2 is 1.96 bits per heavy atom. The number of amides is 1. The molecule has 0 unspecified atom stereocenters. The molecular formula is C38H38ClF3N8O2S. The highest BCUT2D eigenvalue weighted by molar-refractivity contribution is 7.23. The number of thiophene rings is 1. The molecule has 0 radical (unpaired) electrons. The monoisotopic (exact) mass is 762 g/mol. The van der Waals surface area contributed by atoms with E-state index >= 15 is 4.39 Å². The molecule has 2 aromatic carbocycles. The van der Waals surface area contributed by atoms with Crippen LogP contribution < -0.4 is 20.7 Å². The number of nitrogens with one attached hydrogen (secondary N) is 1. The Balaban J connectivity index is 0.994. The molecule has 3 N–H and O–H groups in total. The van der Waals surface area contributed by atoms with Gasteiger partial charge in [-0.25, -0.2) is 13.2 Å². The second kappa shape index (κ2) is 12.1. The van der Waals surface area contributed by atoms with E-state index in [1.54, 1.807) is 6.07 Å². The molecule has 1 aliphatic carbocycles. The maximum absolute atomic E-state index is 17.1. The van der Waals surface area contributed by atoms with E-state index in [0.29, 0.717) is 49.2 Å². The molecule has 5 saturated heterocycles. The van der Waals surface area contributed by atoms with Crippen LogP contribution in [0, 0.1) is 34.3 Å². The van der Waals surface area contributed by atoms with Gasteiger partial charge in [0.05, 0.1) is 20.8 Å². The van der Waals surface area contributed by atoms with Gasteiger partial charge in [-0.3, -0.25) is 15.0 Å². The van der Waals surface area contributed by atoms with Gasteiger partial charge in [0.25, 0.3) is 0 Å². The molecule has 6 fully saturated rings. The average Bonchev–Trinajstić information content (AvgIpc) is 4.03. The van der Waals surface area contributed by atoms with Crippen LogP contribution in [0.25, 0.3) is 32.1 Å². The molecule has 4 atom stereocenters. The van der Waals surface area contributed by atoms with Gasteiger partial charge in [-0.05, 0) is 68.7 Å². The number of benzene rings is 2. The maximum Gasteiger partial charge on any atom is 0.319 e. The maximum atomic E-state index is 17.1. The largest absolute Gasteiger partial charge is 0.461 e. The van der Waals surface area contributed by atoms with E-state index in [1.807, 2.05) is 11.0 Å². The lowest BCUT2D eigenvalue weighted by Gasteiger charge is -2.54. The minimum absolute atomic E-state index is 0.0206. The average molecular weight is 763 g/mol. The van der Waals surface area contributed by atoms with Crippen LogP contribution in [0.4, 0.5) is 24.0 Å². The fourth-order valence-corrected chi connectivity index (χ4v) is 11.0. The number of hydrogen-bond acceptors (Lipinski definition) is 10. The number of likely N-dealkylation sites (tertiary alicyclic amines) is 1. The zero-order valence-electron chi connectivity index (χ0n) is 28.9. The number of hydrogen-bond donors (Lipinski definition) is 2. The third-order valence-corrected chi connectivity index (χ3v) is 14.1. The summed E-state index contributed by atoms with van der Waals surface area (Å²) in [6.07, 6.45) is 5.23. The molecule has 53 heavy (non-hydrogen) atoms. The highest BCUT2D eigenvalue weighted by Crippen LogP contribution is 2.48. The fourth-order valence-electron chi connectivity index (χ4n) is 9.73. The van der Waals surface area contributed by atoms with E-state index in [1.165, 1.54) is 25.0 Å². The Morgan fingerprint density at radius 3 is 2.72 bits per heavy atom. The lowest BCUT2D eigenvalue weighted by Crippen LogP contribution is -2.63.